The van der Waals surface area contributed by atoms with Gasteiger partial charge in [-0.05, 0) is 55.8 Å². The van der Waals surface area contributed by atoms with Gasteiger partial charge >= 0.3 is 0 Å². The number of aromatic nitrogens is 2. The van der Waals surface area contributed by atoms with Crippen LogP contribution in [0.1, 0.15) is 17.8 Å². The lowest BCUT2D eigenvalue weighted by atomic mass is 10.2. The number of imidazole rings is 1. The summed E-state index contributed by atoms with van der Waals surface area (Å²) in [5.74, 6) is 1.78. The third kappa shape index (κ3) is 4.49. The Kier molecular flexibility index (Phi) is 6.15. The van der Waals surface area contributed by atoms with Crippen LogP contribution < -0.4 is 10.1 Å². The second kappa shape index (κ2) is 8.95. The van der Waals surface area contributed by atoms with Crippen molar-refractivity contribution in [3.05, 3.63) is 58.9 Å². The van der Waals surface area contributed by atoms with E-state index in [-0.39, 0.29) is 0 Å². The Morgan fingerprint density at radius 1 is 1.07 bits per heavy atom. The van der Waals surface area contributed by atoms with Gasteiger partial charge in [0.2, 0.25) is 0 Å². The largest absolute Gasteiger partial charge is 0.486 e. The minimum absolute atomic E-state index is 0.448. The molecule has 0 bridgehead atoms. The molecule has 2 aromatic carbocycles. The normalized spacial score (nSPS) is 15.2. The van der Waals surface area contributed by atoms with Gasteiger partial charge in [0.1, 0.15) is 18.2 Å². The molecule has 0 amide bonds. The standard InChI is InChI=1S/C22H27ClN4O/c1-17-4-2-5-20-22(17)25-21(16-28-19-8-6-18(23)7-9-19)27(20)13-3-12-26-14-10-24-11-15-26/h2,4-9,24H,3,10-16H2,1H3. The smallest absolute Gasteiger partial charge is 0.148 e. The van der Waals surface area contributed by atoms with Crippen LogP contribution in [0.5, 0.6) is 5.75 Å². The molecule has 148 valence electrons. The van der Waals surface area contributed by atoms with E-state index >= 15 is 0 Å². The molecule has 6 heteroatoms. The third-order valence-electron chi connectivity index (χ3n) is 5.31. The molecule has 0 aliphatic carbocycles. The maximum absolute atomic E-state index is 5.99. The average molecular weight is 399 g/mol. The van der Waals surface area contributed by atoms with Crippen molar-refractivity contribution >= 4 is 22.6 Å². The van der Waals surface area contributed by atoms with Crippen LogP contribution in [0.25, 0.3) is 11.0 Å². The fourth-order valence-electron chi connectivity index (χ4n) is 3.76. The number of halogens is 1. The number of para-hydroxylation sites is 1. The molecular weight excluding hydrogens is 372 g/mol. The highest BCUT2D eigenvalue weighted by molar-refractivity contribution is 6.30. The number of piperazine rings is 1. The Morgan fingerprint density at radius 2 is 1.86 bits per heavy atom. The highest BCUT2D eigenvalue weighted by atomic mass is 35.5. The van der Waals surface area contributed by atoms with Crippen molar-refractivity contribution < 1.29 is 4.74 Å². The number of nitrogens with zero attached hydrogens (tertiary/aromatic N) is 3. The first-order chi connectivity index (χ1) is 13.7. The van der Waals surface area contributed by atoms with Crippen LogP contribution in [0.3, 0.4) is 0 Å². The van der Waals surface area contributed by atoms with Crippen molar-refractivity contribution in [2.75, 3.05) is 32.7 Å². The quantitative estimate of drug-likeness (QED) is 0.656. The topological polar surface area (TPSA) is 42.3 Å². The van der Waals surface area contributed by atoms with Crippen LogP contribution in [0.2, 0.25) is 5.02 Å². The molecule has 0 unspecified atom stereocenters. The Balaban J connectivity index is 1.50. The van der Waals surface area contributed by atoms with Gasteiger partial charge in [0.05, 0.1) is 11.0 Å². The summed E-state index contributed by atoms with van der Waals surface area (Å²) in [5.41, 5.74) is 3.46. The van der Waals surface area contributed by atoms with Gasteiger partial charge in [0.15, 0.2) is 0 Å². The van der Waals surface area contributed by atoms with Gasteiger partial charge in [-0.1, -0.05) is 23.7 Å². The lowest BCUT2D eigenvalue weighted by Gasteiger charge is -2.27. The molecule has 0 spiro atoms. The van der Waals surface area contributed by atoms with Gasteiger partial charge in [-0.25, -0.2) is 4.98 Å². The number of nitrogens with one attached hydrogen (secondary N) is 1. The lowest BCUT2D eigenvalue weighted by molar-refractivity contribution is 0.233. The molecule has 2 heterocycles. The molecule has 5 nitrogen and oxygen atoms in total. The third-order valence-corrected chi connectivity index (χ3v) is 5.56. The molecule has 0 atom stereocenters. The minimum Gasteiger partial charge on any atom is -0.486 e. The number of fused-ring (bicyclic) bond motifs is 1. The first kappa shape index (κ1) is 19.2. The van der Waals surface area contributed by atoms with E-state index in [1.54, 1.807) is 0 Å². The molecule has 28 heavy (non-hydrogen) atoms. The first-order valence-electron chi connectivity index (χ1n) is 9.97. The van der Waals surface area contributed by atoms with E-state index in [9.17, 15) is 0 Å². The zero-order valence-corrected chi connectivity index (χ0v) is 17.1. The van der Waals surface area contributed by atoms with E-state index in [0.29, 0.717) is 11.6 Å². The van der Waals surface area contributed by atoms with Gasteiger partial charge in [0, 0.05) is 37.7 Å². The van der Waals surface area contributed by atoms with Crippen LogP contribution in [0.4, 0.5) is 0 Å². The summed E-state index contributed by atoms with van der Waals surface area (Å²) in [7, 11) is 0. The van der Waals surface area contributed by atoms with Crippen LogP contribution in [0.15, 0.2) is 42.5 Å². The second-order valence-electron chi connectivity index (χ2n) is 7.31. The zero-order chi connectivity index (χ0) is 19.3. The van der Waals surface area contributed by atoms with Gasteiger partial charge in [-0.15, -0.1) is 0 Å². The number of hydrogen-bond donors (Lipinski definition) is 1. The summed E-state index contributed by atoms with van der Waals surface area (Å²) in [4.78, 5) is 7.43. The monoisotopic (exact) mass is 398 g/mol. The highest BCUT2D eigenvalue weighted by Crippen LogP contribution is 2.22. The molecule has 1 aromatic heterocycles. The molecule has 0 saturated carbocycles. The lowest BCUT2D eigenvalue weighted by Crippen LogP contribution is -2.43. The van der Waals surface area contributed by atoms with Crippen LogP contribution >= 0.6 is 11.6 Å². The number of rotatable bonds is 7. The van der Waals surface area contributed by atoms with E-state index in [2.05, 4.69) is 39.9 Å². The van der Waals surface area contributed by atoms with E-state index in [1.165, 1.54) is 11.1 Å². The molecule has 4 rings (SSSR count). The molecule has 0 radical (unpaired) electrons. The minimum atomic E-state index is 0.448. The number of aryl methyl sites for hydroxylation is 2. The molecule has 1 fully saturated rings. The van der Waals surface area contributed by atoms with Crippen molar-refractivity contribution in [2.24, 2.45) is 0 Å². The van der Waals surface area contributed by atoms with Crippen molar-refractivity contribution in [3.8, 4) is 5.75 Å². The summed E-state index contributed by atoms with van der Waals surface area (Å²) in [6.45, 7) is 9.08. The summed E-state index contributed by atoms with van der Waals surface area (Å²) in [5, 5.41) is 4.12. The molecule has 1 saturated heterocycles. The SMILES string of the molecule is Cc1cccc2c1nc(COc1ccc(Cl)cc1)n2CCCN1CCNCC1. The highest BCUT2D eigenvalue weighted by Gasteiger charge is 2.14. The number of ether oxygens (including phenoxy) is 1. The molecule has 1 N–H and O–H groups in total. The second-order valence-corrected chi connectivity index (χ2v) is 7.75. The fraction of sp³-hybridized carbons (Fsp3) is 0.409. The van der Waals surface area contributed by atoms with E-state index in [1.807, 2.05) is 24.3 Å². The van der Waals surface area contributed by atoms with Crippen molar-refractivity contribution in [2.45, 2.75) is 26.5 Å². The summed E-state index contributed by atoms with van der Waals surface area (Å²) in [6, 6.07) is 13.9. The van der Waals surface area contributed by atoms with Gasteiger partial charge in [-0.3, -0.25) is 0 Å². The number of hydrogen-bond acceptors (Lipinski definition) is 4. The van der Waals surface area contributed by atoms with Crippen molar-refractivity contribution in [1.29, 1.82) is 0 Å². The predicted molar refractivity (Wildman–Crippen MR) is 114 cm³/mol. The molecule has 1 aliphatic heterocycles. The molecule has 1 aliphatic rings. The van der Waals surface area contributed by atoms with E-state index < -0.39 is 0 Å². The van der Waals surface area contributed by atoms with Gasteiger partial charge in [0.25, 0.3) is 0 Å². The summed E-state index contributed by atoms with van der Waals surface area (Å²) in [6.07, 6.45) is 1.10. The van der Waals surface area contributed by atoms with E-state index in [0.717, 1.165) is 62.8 Å². The summed E-state index contributed by atoms with van der Waals surface area (Å²) < 4.78 is 8.31. The Hall–Kier alpha value is -2.08. The maximum Gasteiger partial charge on any atom is 0.148 e. The van der Waals surface area contributed by atoms with Gasteiger partial charge in [-0.2, -0.15) is 0 Å². The van der Waals surface area contributed by atoms with Crippen LogP contribution in [0, 0.1) is 6.92 Å². The van der Waals surface area contributed by atoms with Gasteiger partial charge < -0.3 is 19.5 Å². The molecule has 3 aromatic rings. The predicted octanol–water partition coefficient (Wildman–Crippen LogP) is 3.87. The average Bonchev–Trinajstić information content (AvgIpc) is 3.08. The van der Waals surface area contributed by atoms with Crippen LogP contribution in [-0.2, 0) is 13.2 Å². The Bertz CT molecular complexity index is 916. The Morgan fingerprint density at radius 3 is 2.64 bits per heavy atom. The first-order valence-corrected chi connectivity index (χ1v) is 10.3. The summed E-state index contributed by atoms with van der Waals surface area (Å²) >= 11 is 5.97. The number of benzene rings is 2. The van der Waals surface area contributed by atoms with Crippen LogP contribution in [-0.4, -0.2) is 47.2 Å². The van der Waals surface area contributed by atoms with Crippen molar-refractivity contribution in [3.63, 3.8) is 0 Å². The molecular formula is C22H27ClN4O. The maximum atomic E-state index is 5.99. The fourth-order valence-corrected chi connectivity index (χ4v) is 3.89. The zero-order valence-electron chi connectivity index (χ0n) is 16.3. The Labute approximate surface area is 171 Å². The van der Waals surface area contributed by atoms with E-state index in [4.69, 9.17) is 21.3 Å². The van der Waals surface area contributed by atoms with Crippen molar-refractivity contribution in [1.82, 2.24) is 19.8 Å².